The van der Waals surface area contributed by atoms with Gasteiger partial charge in [0, 0.05) is 66.0 Å². The highest BCUT2D eigenvalue weighted by molar-refractivity contribution is 7.25. The minimum absolute atomic E-state index is 0.145. The van der Waals surface area contributed by atoms with Gasteiger partial charge >= 0.3 is 0 Å². The summed E-state index contributed by atoms with van der Waals surface area (Å²) in [5.41, 5.74) is 19.0. The molecular weight excluding hydrogens is 865 g/mol. The molecule has 1 spiro atoms. The molecule has 3 aliphatic rings. The number of rotatable bonds is 8. The molecule has 11 aromatic rings. The van der Waals surface area contributed by atoms with Crippen LogP contribution in [0.4, 0.5) is 34.1 Å². The van der Waals surface area contributed by atoms with Gasteiger partial charge in [0.2, 0.25) is 0 Å². The van der Waals surface area contributed by atoms with Crippen LogP contribution >= 0.6 is 11.3 Å². The fourth-order valence-corrected chi connectivity index (χ4v) is 13.3. The molecule has 330 valence electrons. The van der Waals surface area contributed by atoms with Crippen LogP contribution in [0.3, 0.4) is 0 Å². The Morgan fingerprint density at radius 1 is 0.357 bits per heavy atom. The summed E-state index contributed by atoms with van der Waals surface area (Å²) < 4.78 is 2.67. The van der Waals surface area contributed by atoms with Crippen LogP contribution in [0.25, 0.3) is 53.6 Å². The molecule has 0 fully saturated rings. The standard InChI is InChI=1S/C67H46N2S/c1-5-19-45(20-6-1)47-33-37-51(38-34-47)68(49-23-9-3-10-24-49)53-41-62-66(63(42-53)69(50-25-11-4-12-26-50)52-39-35-48(36-40-52)46-21-7-2-8-22-46)56-29-14-17-31-60(56)67(62)59-30-16-13-27-54(59)57-43-58-55-28-15-18-32-64(55)70-65(58)44-61(57)67/h1-44,54,59H. The molecule has 2 nitrogen and oxygen atoms in total. The number of benzene rings is 10. The number of fused-ring (bicyclic) bond motifs is 13. The molecule has 0 amide bonds. The molecule has 1 heterocycles. The Balaban J connectivity index is 1.09. The maximum atomic E-state index is 2.59. The molecule has 3 unspecified atom stereocenters. The van der Waals surface area contributed by atoms with E-state index in [9.17, 15) is 0 Å². The van der Waals surface area contributed by atoms with E-state index in [0.717, 1.165) is 34.1 Å². The Kier molecular flexibility index (Phi) is 9.47. The van der Waals surface area contributed by atoms with Crippen molar-refractivity contribution in [3.05, 3.63) is 289 Å². The van der Waals surface area contributed by atoms with Crippen LogP contribution in [0, 0.1) is 5.92 Å². The highest BCUT2D eigenvalue weighted by Crippen LogP contribution is 2.68. The molecule has 14 rings (SSSR count). The van der Waals surface area contributed by atoms with Gasteiger partial charge in [-0.05, 0) is 129 Å². The number of nitrogens with zero attached hydrogens (tertiary/aromatic N) is 2. The van der Waals surface area contributed by atoms with Crippen molar-refractivity contribution in [1.29, 1.82) is 0 Å². The van der Waals surface area contributed by atoms with Gasteiger partial charge in [-0.1, -0.05) is 188 Å². The third-order valence-corrected chi connectivity index (χ3v) is 16.2. The van der Waals surface area contributed by atoms with Crippen LogP contribution in [0.5, 0.6) is 0 Å². The molecule has 1 aromatic heterocycles. The van der Waals surface area contributed by atoms with E-state index in [4.69, 9.17) is 0 Å². The average molecular weight is 911 g/mol. The number of hydrogen-bond acceptors (Lipinski definition) is 3. The van der Waals surface area contributed by atoms with E-state index in [1.165, 1.54) is 75.8 Å². The Bertz CT molecular complexity index is 3820. The first-order valence-corrected chi connectivity index (χ1v) is 25.1. The minimum atomic E-state index is -0.499. The number of anilines is 6. The van der Waals surface area contributed by atoms with Crippen molar-refractivity contribution in [2.24, 2.45) is 5.92 Å². The van der Waals surface area contributed by atoms with Crippen molar-refractivity contribution in [2.75, 3.05) is 9.80 Å². The summed E-state index contributed by atoms with van der Waals surface area (Å²) in [6.07, 6.45) is 9.56. The maximum absolute atomic E-state index is 2.59. The van der Waals surface area contributed by atoms with Crippen molar-refractivity contribution >= 4 is 65.6 Å². The lowest BCUT2D eigenvalue weighted by molar-refractivity contribution is 0.466. The summed E-state index contributed by atoms with van der Waals surface area (Å²) in [5, 5.41) is 2.69. The lowest BCUT2D eigenvalue weighted by atomic mass is 9.65. The molecule has 0 aliphatic heterocycles. The zero-order chi connectivity index (χ0) is 46.2. The van der Waals surface area contributed by atoms with E-state index < -0.39 is 5.41 Å². The van der Waals surface area contributed by atoms with Gasteiger partial charge < -0.3 is 9.80 Å². The van der Waals surface area contributed by atoms with Gasteiger partial charge in [-0.15, -0.1) is 11.3 Å². The van der Waals surface area contributed by atoms with E-state index in [-0.39, 0.29) is 11.8 Å². The summed E-state index contributed by atoms with van der Waals surface area (Å²) in [7, 11) is 0. The summed E-state index contributed by atoms with van der Waals surface area (Å²) >= 11 is 1.92. The van der Waals surface area contributed by atoms with Gasteiger partial charge in [-0.3, -0.25) is 0 Å². The molecule has 0 saturated heterocycles. The van der Waals surface area contributed by atoms with Crippen molar-refractivity contribution in [2.45, 2.75) is 11.3 Å². The highest BCUT2D eigenvalue weighted by atomic mass is 32.1. The smallest absolute Gasteiger partial charge is 0.0564 e. The van der Waals surface area contributed by atoms with Gasteiger partial charge in [-0.25, -0.2) is 0 Å². The van der Waals surface area contributed by atoms with Crippen molar-refractivity contribution in [3.63, 3.8) is 0 Å². The Labute approximate surface area is 413 Å². The Morgan fingerprint density at radius 3 is 1.56 bits per heavy atom. The van der Waals surface area contributed by atoms with E-state index in [1.807, 2.05) is 11.3 Å². The Hall–Kier alpha value is -8.50. The molecule has 0 bridgehead atoms. The molecule has 3 aliphatic carbocycles. The van der Waals surface area contributed by atoms with Gasteiger partial charge in [0.25, 0.3) is 0 Å². The first-order chi connectivity index (χ1) is 34.7. The zero-order valence-electron chi connectivity index (χ0n) is 38.4. The third-order valence-electron chi connectivity index (χ3n) is 15.1. The summed E-state index contributed by atoms with van der Waals surface area (Å²) in [5.74, 6) is 0.340. The Morgan fingerprint density at radius 2 is 0.886 bits per heavy atom. The van der Waals surface area contributed by atoms with Crippen LogP contribution in [0.2, 0.25) is 0 Å². The fourth-order valence-electron chi connectivity index (χ4n) is 12.1. The van der Waals surface area contributed by atoms with Crippen LogP contribution in [0.1, 0.15) is 28.2 Å². The number of hydrogen-bond donors (Lipinski definition) is 0. The molecule has 0 saturated carbocycles. The van der Waals surface area contributed by atoms with E-state index >= 15 is 0 Å². The van der Waals surface area contributed by atoms with E-state index in [0.29, 0.717) is 0 Å². The molecule has 3 atom stereocenters. The lowest BCUT2D eigenvalue weighted by Crippen LogP contribution is -2.33. The highest BCUT2D eigenvalue weighted by Gasteiger charge is 2.58. The van der Waals surface area contributed by atoms with Crippen molar-refractivity contribution < 1.29 is 0 Å². The van der Waals surface area contributed by atoms with Crippen molar-refractivity contribution in [3.8, 4) is 33.4 Å². The molecule has 3 heteroatoms. The average Bonchev–Trinajstić information content (AvgIpc) is 4.05. The second-order valence-corrected chi connectivity index (χ2v) is 19.8. The van der Waals surface area contributed by atoms with Gasteiger partial charge in [0.05, 0.1) is 11.1 Å². The predicted octanol–water partition coefficient (Wildman–Crippen LogP) is 18.5. The SMILES string of the molecule is C1=CC2c3cc4c(cc3C3(c5ccccc5-c5c(N(c6ccccc6)c6ccc(-c7ccccc7)cc6)cc(N(c6ccccc6)c6ccc(-c7ccccc7)cc6)cc53)C2C=C1)sc1ccccc14. The third kappa shape index (κ3) is 6.25. The minimum Gasteiger partial charge on any atom is -0.310 e. The van der Waals surface area contributed by atoms with Gasteiger partial charge in [-0.2, -0.15) is 0 Å². The van der Waals surface area contributed by atoms with Crippen LogP contribution in [-0.4, -0.2) is 0 Å². The quantitative estimate of drug-likeness (QED) is 0.150. The first-order valence-electron chi connectivity index (χ1n) is 24.3. The molecule has 10 aromatic carbocycles. The van der Waals surface area contributed by atoms with Crippen molar-refractivity contribution in [1.82, 2.24) is 0 Å². The topological polar surface area (TPSA) is 6.48 Å². The predicted molar refractivity (Wildman–Crippen MR) is 296 cm³/mol. The second-order valence-electron chi connectivity index (χ2n) is 18.8. The first kappa shape index (κ1) is 40.6. The van der Waals surface area contributed by atoms with Crippen LogP contribution in [-0.2, 0) is 5.41 Å². The van der Waals surface area contributed by atoms with Gasteiger partial charge in [0.1, 0.15) is 0 Å². The number of allylic oxidation sites excluding steroid dienone is 4. The zero-order valence-corrected chi connectivity index (χ0v) is 39.2. The molecule has 70 heavy (non-hydrogen) atoms. The fraction of sp³-hybridized carbons (Fsp3) is 0.0448. The summed E-state index contributed by atoms with van der Waals surface area (Å²) in [4.78, 5) is 4.98. The van der Waals surface area contributed by atoms with Crippen LogP contribution in [0.15, 0.2) is 267 Å². The molecule has 0 N–H and O–H groups in total. The summed E-state index contributed by atoms with van der Waals surface area (Å²) in [6.45, 7) is 0. The normalized spacial score (nSPS) is 17.1. The number of thiophene rings is 1. The van der Waals surface area contributed by atoms with E-state index in [2.05, 4.69) is 277 Å². The summed E-state index contributed by atoms with van der Waals surface area (Å²) in [6, 6.07) is 89.9. The number of para-hydroxylation sites is 2. The second kappa shape index (κ2) is 16.3. The maximum Gasteiger partial charge on any atom is 0.0564 e. The van der Waals surface area contributed by atoms with Gasteiger partial charge in [0.15, 0.2) is 0 Å². The molecular formula is C67H46N2S. The van der Waals surface area contributed by atoms with E-state index in [1.54, 1.807) is 0 Å². The monoisotopic (exact) mass is 910 g/mol. The molecule has 0 radical (unpaired) electrons. The lowest BCUT2D eigenvalue weighted by Gasteiger charge is -2.38. The van der Waals surface area contributed by atoms with Crippen LogP contribution < -0.4 is 9.80 Å². The largest absolute Gasteiger partial charge is 0.310 e.